The van der Waals surface area contributed by atoms with Crippen molar-refractivity contribution in [2.75, 3.05) is 31.6 Å². The van der Waals surface area contributed by atoms with E-state index in [9.17, 15) is 4.79 Å². The van der Waals surface area contributed by atoms with Gasteiger partial charge >= 0.3 is 0 Å². The zero-order chi connectivity index (χ0) is 17.2. The van der Waals surface area contributed by atoms with E-state index >= 15 is 0 Å². The van der Waals surface area contributed by atoms with E-state index in [1.54, 1.807) is 0 Å². The molecule has 1 aliphatic carbocycles. The Balaban J connectivity index is 1.38. The van der Waals surface area contributed by atoms with Crippen LogP contribution in [0.15, 0.2) is 30.3 Å². The Morgan fingerprint density at radius 3 is 2.68 bits per heavy atom. The molecule has 2 fully saturated rings. The van der Waals surface area contributed by atoms with Gasteiger partial charge in [0.05, 0.1) is 13.2 Å². The third kappa shape index (κ3) is 3.75. The van der Waals surface area contributed by atoms with E-state index in [4.69, 9.17) is 4.74 Å². The molecule has 4 rings (SSSR count). The minimum atomic E-state index is -0.169. The Labute approximate surface area is 147 Å². The highest BCUT2D eigenvalue weighted by Crippen LogP contribution is 2.39. The molecule has 1 atom stereocenters. The number of aromatic nitrogens is 2. The van der Waals surface area contributed by atoms with Crippen LogP contribution in [0.5, 0.6) is 0 Å². The summed E-state index contributed by atoms with van der Waals surface area (Å²) in [6.07, 6.45) is 2.37. The first-order valence-corrected chi connectivity index (χ1v) is 8.99. The highest BCUT2D eigenvalue weighted by Gasteiger charge is 2.26. The summed E-state index contributed by atoms with van der Waals surface area (Å²) in [6.45, 7) is 5.72. The Bertz CT molecular complexity index is 730. The Morgan fingerprint density at radius 2 is 2.00 bits per heavy atom. The average molecular weight is 340 g/mol. The maximum Gasteiger partial charge on any atom is 0.276 e. The molecule has 2 N–H and O–H groups in total. The third-order valence-corrected chi connectivity index (χ3v) is 5.09. The molecule has 1 aliphatic heterocycles. The van der Waals surface area contributed by atoms with E-state index < -0.39 is 0 Å². The van der Waals surface area contributed by atoms with Gasteiger partial charge in [0.2, 0.25) is 0 Å². The molecule has 2 aromatic rings. The number of hydrogen-bond acceptors (Lipinski definition) is 4. The predicted molar refractivity (Wildman–Crippen MR) is 95.8 cm³/mol. The summed E-state index contributed by atoms with van der Waals surface area (Å²) in [5.41, 5.74) is 3.56. The first kappa shape index (κ1) is 16.3. The van der Waals surface area contributed by atoms with Gasteiger partial charge in [0, 0.05) is 36.4 Å². The molecule has 0 spiro atoms. The summed E-state index contributed by atoms with van der Waals surface area (Å²) in [6, 6.07) is 10.3. The van der Waals surface area contributed by atoms with Crippen LogP contribution in [-0.4, -0.2) is 47.3 Å². The van der Waals surface area contributed by atoms with Crippen LogP contribution in [0.4, 0.5) is 5.69 Å². The van der Waals surface area contributed by atoms with Crippen molar-refractivity contribution in [2.45, 2.75) is 31.7 Å². The molecule has 0 radical (unpaired) electrons. The molecule has 6 heteroatoms. The quantitative estimate of drug-likeness (QED) is 0.878. The van der Waals surface area contributed by atoms with Crippen LogP contribution in [0.25, 0.3) is 0 Å². The largest absolute Gasteiger partial charge is 0.379 e. The second-order valence-electron chi connectivity index (χ2n) is 6.88. The number of aromatic amines is 1. The van der Waals surface area contributed by atoms with Crippen LogP contribution >= 0.6 is 0 Å². The van der Waals surface area contributed by atoms with Gasteiger partial charge in [-0.2, -0.15) is 5.10 Å². The number of benzene rings is 1. The number of amides is 1. The van der Waals surface area contributed by atoms with E-state index in [0.717, 1.165) is 37.7 Å². The van der Waals surface area contributed by atoms with Crippen LogP contribution in [0.3, 0.4) is 0 Å². The van der Waals surface area contributed by atoms with Crippen molar-refractivity contribution in [3.05, 3.63) is 47.3 Å². The maximum atomic E-state index is 12.3. The van der Waals surface area contributed by atoms with Crippen molar-refractivity contribution in [1.29, 1.82) is 0 Å². The molecular formula is C19H24N4O2. The fraction of sp³-hybridized carbons (Fsp3) is 0.474. The molecule has 0 bridgehead atoms. The normalized spacial score (nSPS) is 19.6. The lowest BCUT2D eigenvalue weighted by Gasteiger charge is -2.32. The van der Waals surface area contributed by atoms with Crippen LogP contribution < -0.4 is 5.32 Å². The SMILES string of the molecule is C[C@H](c1ccc(NC(=O)c2cc(C3CC3)[nH]n2)cc1)N1CCOCC1. The first-order valence-electron chi connectivity index (χ1n) is 8.99. The molecular weight excluding hydrogens is 316 g/mol. The number of ether oxygens (including phenoxy) is 1. The second-order valence-corrected chi connectivity index (χ2v) is 6.88. The fourth-order valence-corrected chi connectivity index (χ4v) is 3.27. The third-order valence-electron chi connectivity index (χ3n) is 5.09. The van der Waals surface area contributed by atoms with Gasteiger partial charge < -0.3 is 10.1 Å². The van der Waals surface area contributed by atoms with Gasteiger partial charge in [-0.05, 0) is 43.5 Å². The lowest BCUT2D eigenvalue weighted by atomic mass is 10.1. The van der Waals surface area contributed by atoms with E-state index in [2.05, 4.69) is 39.5 Å². The zero-order valence-corrected chi connectivity index (χ0v) is 14.5. The van der Waals surface area contributed by atoms with Gasteiger partial charge in [-0.25, -0.2) is 0 Å². The van der Waals surface area contributed by atoms with Gasteiger partial charge in [-0.3, -0.25) is 14.8 Å². The fourth-order valence-electron chi connectivity index (χ4n) is 3.27. The van der Waals surface area contributed by atoms with E-state index in [0.29, 0.717) is 17.7 Å². The first-order chi connectivity index (χ1) is 12.2. The van der Waals surface area contributed by atoms with Gasteiger partial charge in [0.15, 0.2) is 5.69 Å². The molecule has 6 nitrogen and oxygen atoms in total. The van der Waals surface area contributed by atoms with E-state index in [-0.39, 0.29) is 5.91 Å². The number of morpholine rings is 1. The summed E-state index contributed by atoms with van der Waals surface area (Å²) in [5, 5.41) is 10.0. The number of hydrogen-bond donors (Lipinski definition) is 2. The smallest absolute Gasteiger partial charge is 0.276 e. The number of anilines is 1. The predicted octanol–water partition coefficient (Wildman–Crippen LogP) is 2.93. The number of nitrogens with zero attached hydrogens (tertiary/aromatic N) is 2. The highest BCUT2D eigenvalue weighted by molar-refractivity contribution is 6.02. The van der Waals surface area contributed by atoms with Crippen LogP contribution in [0.1, 0.15) is 53.5 Å². The zero-order valence-electron chi connectivity index (χ0n) is 14.5. The standard InChI is InChI=1S/C19H24N4O2/c1-13(23-8-10-25-11-9-23)14-4-6-16(7-5-14)20-19(24)18-12-17(21-22-18)15-2-3-15/h4-7,12-13,15H,2-3,8-11H2,1H3,(H,20,24)(H,21,22)/t13-/m1/s1. The number of rotatable bonds is 5. The van der Waals surface area contributed by atoms with Crippen molar-refractivity contribution in [3.63, 3.8) is 0 Å². The van der Waals surface area contributed by atoms with E-state index in [1.165, 1.54) is 18.4 Å². The topological polar surface area (TPSA) is 70.2 Å². The van der Waals surface area contributed by atoms with Crippen molar-refractivity contribution in [2.24, 2.45) is 0 Å². The van der Waals surface area contributed by atoms with Crippen molar-refractivity contribution in [3.8, 4) is 0 Å². The minimum Gasteiger partial charge on any atom is -0.379 e. The Hall–Kier alpha value is -2.18. The summed E-state index contributed by atoms with van der Waals surface area (Å²) >= 11 is 0. The molecule has 1 aromatic carbocycles. The lowest BCUT2D eigenvalue weighted by molar-refractivity contribution is 0.0198. The van der Waals surface area contributed by atoms with Gasteiger partial charge in [-0.15, -0.1) is 0 Å². The molecule has 1 saturated heterocycles. The van der Waals surface area contributed by atoms with Crippen molar-refractivity contribution in [1.82, 2.24) is 15.1 Å². The molecule has 0 unspecified atom stereocenters. The molecule has 2 aliphatic rings. The number of carbonyl (C=O) groups excluding carboxylic acids is 1. The van der Waals surface area contributed by atoms with Gasteiger partial charge in [-0.1, -0.05) is 12.1 Å². The van der Waals surface area contributed by atoms with Crippen molar-refractivity contribution >= 4 is 11.6 Å². The van der Waals surface area contributed by atoms with Gasteiger partial charge in [0.25, 0.3) is 5.91 Å². The molecule has 1 saturated carbocycles. The minimum absolute atomic E-state index is 0.169. The molecule has 2 heterocycles. The molecule has 132 valence electrons. The maximum absolute atomic E-state index is 12.3. The van der Waals surface area contributed by atoms with Crippen LogP contribution in [0, 0.1) is 0 Å². The monoisotopic (exact) mass is 340 g/mol. The summed E-state index contributed by atoms with van der Waals surface area (Å²) in [5.74, 6) is 0.395. The highest BCUT2D eigenvalue weighted by atomic mass is 16.5. The second kappa shape index (κ2) is 6.98. The van der Waals surface area contributed by atoms with Gasteiger partial charge in [0.1, 0.15) is 0 Å². The summed E-state index contributed by atoms with van der Waals surface area (Å²) in [7, 11) is 0. The number of carbonyl (C=O) groups is 1. The Kier molecular flexibility index (Phi) is 4.55. The van der Waals surface area contributed by atoms with Crippen LogP contribution in [-0.2, 0) is 4.74 Å². The van der Waals surface area contributed by atoms with E-state index in [1.807, 2.05) is 18.2 Å². The molecule has 1 aromatic heterocycles. The molecule has 25 heavy (non-hydrogen) atoms. The van der Waals surface area contributed by atoms with Crippen molar-refractivity contribution < 1.29 is 9.53 Å². The summed E-state index contributed by atoms with van der Waals surface area (Å²) < 4.78 is 5.41. The molecule has 1 amide bonds. The number of H-pyrrole nitrogens is 1. The Morgan fingerprint density at radius 1 is 1.28 bits per heavy atom. The number of nitrogens with one attached hydrogen (secondary N) is 2. The lowest BCUT2D eigenvalue weighted by Crippen LogP contribution is -2.37. The summed E-state index contributed by atoms with van der Waals surface area (Å²) in [4.78, 5) is 14.7. The van der Waals surface area contributed by atoms with Crippen LogP contribution in [0.2, 0.25) is 0 Å². The average Bonchev–Trinajstić information content (AvgIpc) is 3.39.